The minimum absolute atomic E-state index is 0.600. The molecule has 2 aromatic rings. The maximum atomic E-state index is 5.39. The lowest BCUT2D eigenvalue weighted by atomic mass is 10.1. The second-order valence-corrected chi connectivity index (χ2v) is 4.65. The van der Waals surface area contributed by atoms with E-state index in [1.54, 1.807) is 11.8 Å². The van der Waals surface area contributed by atoms with Crippen LogP contribution in [0.5, 0.6) is 5.75 Å². The molecule has 0 saturated heterocycles. The molecular weight excluding hydrogens is 296 g/mol. The summed E-state index contributed by atoms with van der Waals surface area (Å²) in [6.45, 7) is 4.60. The fourth-order valence-corrected chi connectivity index (χ4v) is 2.12. The number of pyridine rings is 1. The molecule has 0 fully saturated rings. The van der Waals surface area contributed by atoms with Gasteiger partial charge in [-0.25, -0.2) is 4.68 Å². The number of hydrogen-bond acceptors (Lipinski definition) is 4. The Bertz CT molecular complexity index is 553. The van der Waals surface area contributed by atoms with Crippen LogP contribution < -0.4 is 4.74 Å². The first-order valence-electron chi connectivity index (χ1n) is 5.59. The highest BCUT2D eigenvalue weighted by Gasteiger charge is 2.10. The summed E-state index contributed by atoms with van der Waals surface area (Å²) < 4.78 is 7.17. The Morgan fingerprint density at radius 3 is 2.78 bits per heavy atom. The van der Waals surface area contributed by atoms with Crippen molar-refractivity contribution in [2.24, 2.45) is 0 Å². The predicted octanol–water partition coefficient (Wildman–Crippen LogP) is 2.24. The van der Waals surface area contributed by atoms with E-state index in [2.05, 4.69) is 31.2 Å². The molecule has 6 heteroatoms. The van der Waals surface area contributed by atoms with Gasteiger partial charge in [-0.2, -0.15) is 0 Å². The van der Waals surface area contributed by atoms with E-state index in [0.29, 0.717) is 11.9 Å². The molecule has 2 aromatic heterocycles. The minimum Gasteiger partial charge on any atom is -0.496 e. The average Bonchev–Trinajstić information content (AvgIpc) is 2.81. The highest BCUT2D eigenvalue weighted by Crippen LogP contribution is 2.24. The lowest BCUT2D eigenvalue weighted by molar-refractivity contribution is 0.406. The van der Waals surface area contributed by atoms with E-state index >= 15 is 0 Å². The highest BCUT2D eigenvalue weighted by atomic mass is 79.9. The van der Waals surface area contributed by atoms with Gasteiger partial charge >= 0.3 is 0 Å². The first kappa shape index (κ1) is 13.0. The van der Waals surface area contributed by atoms with E-state index in [4.69, 9.17) is 4.74 Å². The van der Waals surface area contributed by atoms with Gasteiger partial charge in [-0.15, -0.1) is 5.10 Å². The van der Waals surface area contributed by atoms with Crippen LogP contribution in [0.1, 0.15) is 22.5 Å². The summed E-state index contributed by atoms with van der Waals surface area (Å²) in [5.74, 6) is 0.890. The SMILES string of the molecule is COc1c(C)cnc(Cn2cc(CBr)nn2)c1C. The van der Waals surface area contributed by atoms with Crippen molar-refractivity contribution >= 4 is 15.9 Å². The Hall–Kier alpha value is -1.43. The molecule has 2 rings (SSSR count). The smallest absolute Gasteiger partial charge is 0.128 e. The van der Waals surface area contributed by atoms with Crippen molar-refractivity contribution in [1.29, 1.82) is 0 Å². The zero-order chi connectivity index (χ0) is 13.1. The van der Waals surface area contributed by atoms with Crippen molar-refractivity contribution in [2.45, 2.75) is 25.7 Å². The van der Waals surface area contributed by atoms with E-state index in [1.165, 1.54) is 0 Å². The third-order valence-corrected chi connectivity index (χ3v) is 3.36. The number of aryl methyl sites for hydroxylation is 1. The van der Waals surface area contributed by atoms with E-state index < -0.39 is 0 Å². The van der Waals surface area contributed by atoms with Gasteiger partial charge in [-0.3, -0.25) is 4.98 Å². The van der Waals surface area contributed by atoms with E-state index in [-0.39, 0.29) is 0 Å². The van der Waals surface area contributed by atoms with Gasteiger partial charge in [0.05, 0.1) is 25.0 Å². The summed E-state index contributed by atoms with van der Waals surface area (Å²) in [7, 11) is 1.68. The van der Waals surface area contributed by atoms with Crippen LogP contribution in [-0.4, -0.2) is 27.1 Å². The molecule has 0 unspecified atom stereocenters. The summed E-state index contributed by atoms with van der Waals surface area (Å²) in [5.41, 5.74) is 3.95. The average molecular weight is 311 g/mol. The molecule has 0 saturated carbocycles. The molecule has 0 radical (unpaired) electrons. The molecule has 0 aliphatic heterocycles. The molecule has 0 amide bonds. The van der Waals surface area contributed by atoms with Gasteiger partial charge in [0, 0.05) is 28.9 Å². The van der Waals surface area contributed by atoms with Crippen LogP contribution >= 0.6 is 15.9 Å². The topological polar surface area (TPSA) is 52.8 Å². The minimum atomic E-state index is 0.600. The quantitative estimate of drug-likeness (QED) is 0.813. The van der Waals surface area contributed by atoms with E-state index in [1.807, 2.05) is 26.2 Å². The number of nitrogens with zero attached hydrogens (tertiary/aromatic N) is 4. The molecule has 0 atom stereocenters. The van der Waals surface area contributed by atoms with Crippen LogP contribution in [0, 0.1) is 13.8 Å². The van der Waals surface area contributed by atoms with Gasteiger partial charge in [-0.05, 0) is 13.8 Å². The number of hydrogen-bond donors (Lipinski definition) is 0. The Kier molecular flexibility index (Phi) is 3.96. The molecule has 18 heavy (non-hydrogen) atoms. The zero-order valence-electron chi connectivity index (χ0n) is 10.6. The summed E-state index contributed by atoms with van der Waals surface area (Å²) in [4.78, 5) is 4.44. The molecule has 0 aliphatic rings. The van der Waals surface area contributed by atoms with Gasteiger partial charge in [0.1, 0.15) is 5.75 Å². The van der Waals surface area contributed by atoms with Gasteiger partial charge in [0.15, 0.2) is 0 Å². The van der Waals surface area contributed by atoms with Gasteiger partial charge in [-0.1, -0.05) is 21.1 Å². The number of alkyl halides is 1. The van der Waals surface area contributed by atoms with Crippen LogP contribution in [-0.2, 0) is 11.9 Å². The Balaban J connectivity index is 2.29. The Morgan fingerprint density at radius 1 is 1.39 bits per heavy atom. The van der Waals surface area contributed by atoms with Crippen molar-refractivity contribution in [2.75, 3.05) is 7.11 Å². The molecule has 0 spiro atoms. The molecule has 5 nitrogen and oxygen atoms in total. The van der Waals surface area contributed by atoms with Gasteiger partial charge < -0.3 is 4.74 Å². The molecule has 2 heterocycles. The first-order chi connectivity index (χ1) is 8.65. The third-order valence-electron chi connectivity index (χ3n) is 2.78. The monoisotopic (exact) mass is 310 g/mol. The fraction of sp³-hybridized carbons (Fsp3) is 0.417. The Morgan fingerprint density at radius 2 is 2.17 bits per heavy atom. The van der Waals surface area contributed by atoms with Crippen LogP contribution in [0.3, 0.4) is 0 Å². The molecular formula is C12H15BrN4O. The Labute approximate surface area is 114 Å². The fourth-order valence-electron chi connectivity index (χ4n) is 1.86. The predicted molar refractivity (Wildman–Crippen MR) is 72.0 cm³/mol. The number of methoxy groups -OCH3 is 1. The van der Waals surface area contributed by atoms with Crippen LogP contribution in [0.25, 0.3) is 0 Å². The lowest BCUT2D eigenvalue weighted by Gasteiger charge is -2.11. The number of halogens is 1. The molecule has 0 bridgehead atoms. The standard InChI is InChI=1S/C12H15BrN4O/c1-8-5-14-11(9(2)12(8)18-3)7-17-6-10(4-13)15-16-17/h5-6H,4,7H2,1-3H3. The molecule has 0 aromatic carbocycles. The molecule has 0 N–H and O–H groups in total. The van der Waals surface area contributed by atoms with E-state index in [0.717, 1.165) is 28.3 Å². The van der Waals surface area contributed by atoms with Crippen molar-refractivity contribution in [1.82, 2.24) is 20.0 Å². The maximum absolute atomic E-state index is 5.39. The highest BCUT2D eigenvalue weighted by molar-refractivity contribution is 9.08. The normalized spacial score (nSPS) is 10.7. The largest absolute Gasteiger partial charge is 0.496 e. The number of ether oxygens (including phenoxy) is 1. The van der Waals surface area contributed by atoms with Gasteiger partial charge in [0.2, 0.25) is 0 Å². The van der Waals surface area contributed by atoms with Crippen LogP contribution in [0.15, 0.2) is 12.4 Å². The second kappa shape index (κ2) is 5.48. The third kappa shape index (κ3) is 2.53. The second-order valence-electron chi connectivity index (χ2n) is 4.09. The van der Waals surface area contributed by atoms with Crippen molar-refractivity contribution in [3.8, 4) is 5.75 Å². The number of rotatable bonds is 4. The van der Waals surface area contributed by atoms with Crippen LogP contribution in [0.2, 0.25) is 0 Å². The number of aromatic nitrogens is 4. The summed E-state index contributed by atoms with van der Waals surface area (Å²) in [5, 5.41) is 8.79. The summed E-state index contributed by atoms with van der Waals surface area (Å²) in [6.07, 6.45) is 3.73. The molecule has 0 aliphatic carbocycles. The van der Waals surface area contributed by atoms with Crippen molar-refractivity contribution in [3.05, 3.63) is 34.9 Å². The van der Waals surface area contributed by atoms with Gasteiger partial charge in [0.25, 0.3) is 0 Å². The van der Waals surface area contributed by atoms with Crippen molar-refractivity contribution in [3.63, 3.8) is 0 Å². The van der Waals surface area contributed by atoms with Crippen molar-refractivity contribution < 1.29 is 4.74 Å². The summed E-state index contributed by atoms with van der Waals surface area (Å²) in [6, 6.07) is 0. The van der Waals surface area contributed by atoms with E-state index in [9.17, 15) is 0 Å². The first-order valence-corrected chi connectivity index (χ1v) is 6.72. The maximum Gasteiger partial charge on any atom is 0.128 e. The molecule has 96 valence electrons. The zero-order valence-corrected chi connectivity index (χ0v) is 12.2. The summed E-state index contributed by atoms with van der Waals surface area (Å²) >= 11 is 3.35. The van der Waals surface area contributed by atoms with Crippen LogP contribution in [0.4, 0.5) is 0 Å². The lowest BCUT2D eigenvalue weighted by Crippen LogP contribution is -2.06.